The van der Waals surface area contributed by atoms with Crippen molar-refractivity contribution < 1.29 is 9.53 Å². The molecule has 1 saturated carbocycles. The number of benzene rings is 1. The number of carbonyl (C=O) groups is 1. The van der Waals surface area contributed by atoms with E-state index < -0.39 is 5.54 Å². The van der Waals surface area contributed by atoms with Crippen molar-refractivity contribution in [1.82, 2.24) is 5.32 Å². The van der Waals surface area contributed by atoms with Gasteiger partial charge in [-0.1, -0.05) is 31.4 Å². The molecule has 21 heavy (non-hydrogen) atoms. The molecule has 4 nitrogen and oxygen atoms in total. The zero-order valence-corrected chi connectivity index (χ0v) is 12.3. The normalized spacial score (nSPS) is 17.1. The average Bonchev–Trinajstić information content (AvgIpc) is 2.54. The Morgan fingerprint density at radius 3 is 2.81 bits per heavy atom. The zero-order valence-electron chi connectivity index (χ0n) is 12.3. The molecule has 0 spiro atoms. The fraction of sp³-hybridized carbons (Fsp3) is 0.412. The van der Waals surface area contributed by atoms with Gasteiger partial charge in [-0.05, 0) is 36.6 Å². The minimum absolute atomic E-state index is 0.221. The fourth-order valence-electron chi connectivity index (χ4n) is 2.61. The second-order valence-electron chi connectivity index (χ2n) is 5.35. The molecule has 0 atom stereocenters. The highest BCUT2D eigenvalue weighted by Gasteiger charge is 2.32. The molecule has 0 saturated heterocycles. The first-order valence-electron chi connectivity index (χ1n) is 7.23. The lowest BCUT2D eigenvalue weighted by molar-refractivity contribution is -0.118. The van der Waals surface area contributed by atoms with Crippen molar-refractivity contribution in [2.24, 2.45) is 0 Å². The summed E-state index contributed by atoms with van der Waals surface area (Å²) in [5.41, 5.74) is 0.202. The highest BCUT2D eigenvalue weighted by Crippen LogP contribution is 2.27. The summed E-state index contributed by atoms with van der Waals surface area (Å²) in [6.07, 6.45) is 7.80. The largest absolute Gasteiger partial charge is 0.497 e. The zero-order chi connectivity index (χ0) is 15.1. The summed E-state index contributed by atoms with van der Waals surface area (Å²) in [5, 5.41) is 12.2. The third kappa shape index (κ3) is 4.09. The van der Waals surface area contributed by atoms with Crippen molar-refractivity contribution in [3.05, 3.63) is 35.9 Å². The average molecular weight is 284 g/mol. The quantitative estimate of drug-likeness (QED) is 0.864. The Morgan fingerprint density at radius 2 is 2.14 bits per heavy atom. The van der Waals surface area contributed by atoms with Gasteiger partial charge in [-0.3, -0.25) is 4.79 Å². The molecule has 1 N–H and O–H groups in total. The number of hydrogen-bond donors (Lipinski definition) is 1. The first-order chi connectivity index (χ1) is 10.2. The summed E-state index contributed by atoms with van der Waals surface area (Å²) in [5.74, 6) is 0.527. The van der Waals surface area contributed by atoms with Crippen LogP contribution >= 0.6 is 0 Å². The first kappa shape index (κ1) is 15.1. The standard InChI is InChI=1S/C17H20N2O2/c1-21-15-7-5-6-14(12-15)8-9-16(20)19-17(13-18)10-3-2-4-11-17/h5-9,12H,2-4,10-11H2,1H3,(H,19,20)/b9-8+. The van der Waals surface area contributed by atoms with Crippen LogP contribution in [0.2, 0.25) is 0 Å². The van der Waals surface area contributed by atoms with E-state index >= 15 is 0 Å². The number of nitriles is 1. The van der Waals surface area contributed by atoms with E-state index in [1.807, 2.05) is 24.3 Å². The maximum absolute atomic E-state index is 12.0. The number of methoxy groups -OCH3 is 1. The molecule has 1 aliphatic carbocycles. The van der Waals surface area contributed by atoms with Gasteiger partial charge in [0, 0.05) is 6.08 Å². The Labute approximate surface area is 125 Å². The summed E-state index contributed by atoms with van der Waals surface area (Å²) in [6.45, 7) is 0. The van der Waals surface area contributed by atoms with Crippen LogP contribution in [0.15, 0.2) is 30.3 Å². The molecule has 0 bridgehead atoms. The minimum atomic E-state index is -0.686. The van der Waals surface area contributed by atoms with E-state index in [1.165, 1.54) is 6.08 Å². The van der Waals surface area contributed by atoms with E-state index in [0.717, 1.165) is 43.4 Å². The summed E-state index contributed by atoms with van der Waals surface area (Å²) < 4.78 is 5.14. The number of ether oxygens (including phenoxy) is 1. The number of amides is 1. The van der Waals surface area contributed by atoms with Crippen molar-refractivity contribution in [3.8, 4) is 11.8 Å². The van der Waals surface area contributed by atoms with Gasteiger partial charge in [0.2, 0.25) is 5.91 Å². The number of nitrogens with zero attached hydrogens (tertiary/aromatic N) is 1. The van der Waals surface area contributed by atoms with Crippen LogP contribution in [-0.2, 0) is 4.79 Å². The molecule has 1 aromatic rings. The van der Waals surface area contributed by atoms with Crippen molar-refractivity contribution in [2.75, 3.05) is 7.11 Å². The van der Waals surface area contributed by atoms with Gasteiger partial charge in [-0.25, -0.2) is 0 Å². The van der Waals surface area contributed by atoms with E-state index in [0.29, 0.717) is 0 Å². The molecular formula is C17H20N2O2. The van der Waals surface area contributed by atoms with Gasteiger partial charge in [0.1, 0.15) is 11.3 Å². The first-order valence-corrected chi connectivity index (χ1v) is 7.23. The summed E-state index contributed by atoms with van der Waals surface area (Å²) in [7, 11) is 1.61. The molecule has 1 aliphatic rings. The van der Waals surface area contributed by atoms with Crippen LogP contribution < -0.4 is 10.1 Å². The molecule has 110 valence electrons. The molecule has 2 rings (SSSR count). The topological polar surface area (TPSA) is 62.1 Å². The molecular weight excluding hydrogens is 264 g/mol. The Hall–Kier alpha value is -2.28. The number of carbonyl (C=O) groups excluding carboxylic acids is 1. The van der Waals surface area contributed by atoms with Gasteiger partial charge >= 0.3 is 0 Å². The SMILES string of the molecule is COc1cccc(/C=C/C(=O)NC2(C#N)CCCCC2)c1. The lowest BCUT2D eigenvalue weighted by Crippen LogP contribution is -2.48. The third-order valence-corrected chi connectivity index (χ3v) is 3.80. The van der Waals surface area contributed by atoms with E-state index in [-0.39, 0.29) is 5.91 Å². The van der Waals surface area contributed by atoms with Gasteiger partial charge in [0.05, 0.1) is 13.2 Å². The van der Waals surface area contributed by atoms with Crippen LogP contribution in [0.1, 0.15) is 37.7 Å². The Morgan fingerprint density at radius 1 is 1.38 bits per heavy atom. The van der Waals surface area contributed by atoms with E-state index in [1.54, 1.807) is 13.2 Å². The predicted octanol–water partition coefficient (Wildman–Crippen LogP) is 3.05. The molecule has 1 fully saturated rings. The fourth-order valence-corrected chi connectivity index (χ4v) is 2.61. The summed E-state index contributed by atoms with van der Waals surface area (Å²) >= 11 is 0. The molecule has 0 unspecified atom stereocenters. The van der Waals surface area contributed by atoms with Crippen molar-refractivity contribution >= 4 is 12.0 Å². The van der Waals surface area contributed by atoms with E-state index in [4.69, 9.17) is 4.74 Å². The van der Waals surface area contributed by atoms with E-state index in [2.05, 4.69) is 11.4 Å². The van der Waals surface area contributed by atoms with Gasteiger partial charge in [-0.2, -0.15) is 5.26 Å². The summed E-state index contributed by atoms with van der Waals surface area (Å²) in [6, 6.07) is 9.75. The Balaban J connectivity index is 2.00. The highest BCUT2D eigenvalue weighted by molar-refractivity contribution is 5.92. The number of hydrogen-bond acceptors (Lipinski definition) is 3. The molecule has 4 heteroatoms. The highest BCUT2D eigenvalue weighted by atomic mass is 16.5. The van der Waals surface area contributed by atoms with Crippen LogP contribution in [0.4, 0.5) is 0 Å². The maximum Gasteiger partial charge on any atom is 0.245 e. The van der Waals surface area contributed by atoms with Crippen LogP contribution in [-0.4, -0.2) is 18.6 Å². The second kappa shape index (κ2) is 6.94. The van der Waals surface area contributed by atoms with Crippen molar-refractivity contribution in [1.29, 1.82) is 5.26 Å². The van der Waals surface area contributed by atoms with E-state index in [9.17, 15) is 10.1 Å². The molecule has 1 amide bonds. The Kier molecular flexibility index (Phi) is 4.99. The molecule has 0 heterocycles. The van der Waals surface area contributed by atoms with Crippen molar-refractivity contribution in [3.63, 3.8) is 0 Å². The smallest absolute Gasteiger partial charge is 0.245 e. The number of rotatable bonds is 4. The van der Waals surface area contributed by atoms with Gasteiger partial charge in [-0.15, -0.1) is 0 Å². The summed E-state index contributed by atoms with van der Waals surface area (Å²) in [4.78, 5) is 12.0. The minimum Gasteiger partial charge on any atom is -0.497 e. The lowest BCUT2D eigenvalue weighted by Gasteiger charge is -2.31. The second-order valence-corrected chi connectivity index (χ2v) is 5.35. The van der Waals surface area contributed by atoms with Crippen molar-refractivity contribution in [2.45, 2.75) is 37.6 Å². The molecule has 1 aromatic carbocycles. The maximum atomic E-state index is 12.0. The van der Waals surface area contributed by atoms with Crippen LogP contribution in [0.3, 0.4) is 0 Å². The van der Waals surface area contributed by atoms with Gasteiger partial charge < -0.3 is 10.1 Å². The Bertz CT molecular complexity index is 566. The monoisotopic (exact) mass is 284 g/mol. The third-order valence-electron chi connectivity index (χ3n) is 3.80. The number of nitrogens with one attached hydrogen (secondary N) is 1. The lowest BCUT2D eigenvalue weighted by atomic mass is 9.83. The van der Waals surface area contributed by atoms with Crippen LogP contribution in [0, 0.1) is 11.3 Å². The molecule has 0 aromatic heterocycles. The molecule has 0 aliphatic heterocycles. The van der Waals surface area contributed by atoms with Crippen LogP contribution in [0.25, 0.3) is 6.08 Å². The predicted molar refractivity (Wildman–Crippen MR) is 81.6 cm³/mol. The van der Waals surface area contributed by atoms with Crippen LogP contribution in [0.5, 0.6) is 5.75 Å². The van der Waals surface area contributed by atoms with Gasteiger partial charge in [0.25, 0.3) is 0 Å². The van der Waals surface area contributed by atoms with Gasteiger partial charge in [0.15, 0.2) is 0 Å². The molecule has 0 radical (unpaired) electrons.